The lowest BCUT2D eigenvalue weighted by molar-refractivity contribution is -0.383. The van der Waals surface area contributed by atoms with E-state index in [2.05, 4.69) is 31.1 Å². The molecule has 0 bridgehead atoms. The van der Waals surface area contributed by atoms with Gasteiger partial charge in [-0.25, -0.2) is 15.0 Å². The Kier molecular flexibility index (Phi) is 4.95. The predicted molar refractivity (Wildman–Crippen MR) is 109 cm³/mol. The molecule has 4 rings (SSSR count). The first-order chi connectivity index (χ1) is 14.1. The monoisotopic (exact) mass is 407 g/mol. The first-order valence-corrected chi connectivity index (χ1v) is 9.17. The van der Waals surface area contributed by atoms with Gasteiger partial charge in [0.05, 0.1) is 15.1 Å². The van der Waals surface area contributed by atoms with Crippen molar-refractivity contribution < 1.29 is 9.72 Å². The molecule has 0 aliphatic heterocycles. The second kappa shape index (κ2) is 7.86. The maximum atomic E-state index is 12.2. The van der Waals surface area contributed by atoms with Crippen LogP contribution in [0.15, 0.2) is 60.9 Å². The smallest absolute Gasteiger partial charge is 0.310 e. The minimum atomic E-state index is -0.632. The number of para-hydroxylation sites is 1. The van der Waals surface area contributed by atoms with Crippen molar-refractivity contribution in [3.8, 4) is 0 Å². The Morgan fingerprint density at radius 2 is 1.72 bits per heavy atom. The standard InChI is InChI=1S/C18H13N7O3S/c26-17(11-6-2-1-3-7-11)24-23-16-14(25(27)28)15(19-10-20-16)22-18-21-12-8-4-5-9-13(12)29-18/h1-10H,(H,24,26)(H2,19,20,21,22,23). The van der Waals surface area contributed by atoms with Gasteiger partial charge in [0.2, 0.25) is 11.6 Å². The highest BCUT2D eigenvalue weighted by Gasteiger charge is 2.24. The number of hydrogen-bond acceptors (Lipinski definition) is 9. The quantitative estimate of drug-likeness (QED) is 0.326. The number of aromatic nitrogens is 3. The van der Waals surface area contributed by atoms with Crippen LogP contribution in [0.25, 0.3) is 10.2 Å². The van der Waals surface area contributed by atoms with E-state index in [9.17, 15) is 14.9 Å². The average Bonchev–Trinajstić information content (AvgIpc) is 3.14. The predicted octanol–water partition coefficient (Wildman–Crippen LogP) is 3.50. The van der Waals surface area contributed by atoms with Gasteiger partial charge in [-0.2, -0.15) is 0 Å². The normalized spacial score (nSPS) is 10.5. The number of fused-ring (bicyclic) bond motifs is 1. The van der Waals surface area contributed by atoms with E-state index < -0.39 is 16.5 Å². The number of carbonyl (C=O) groups excluding carboxylic acids is 1. The molecule has 0 saturated carbocycles. The van der Waals surface area contributed by atoms with Crippen LogP contribution < -0.4 is 16.2 Å². The highest BCUT2D eigenvalue weighted by Crippen LogP contribution is 2.33. The van der Waals surface area contributed by atoms with Crippen LogP contribution in [-0.4, -0.2) is 25.8 Å². The van der Waals surface area contributed by atoms with E-state index in [1.54, 1.807) is 30.3 Å². The number of thiazole rings is 1. The molecule has 10 nitrogen and oxygen atoms in total. The number of nitro groups is 1. The third-order valence-electron chi connectivity index (χ3n) is 3.85. The maximum Gasteiger partial charge on any atom is 0.355 e. The van der Waals surface area contributed by atoms with E-state index in [1.807, 2.05) is 24.3 Å². The average molecular weight is 407 g/mol. The van der Waals surface area contributed by atoms with Gasteiger partial charge in [0.1, 0.15) is 6.33 Å². The van der Waals surface area contributed by atoms with Crippen molar-refractivity contribution >= 4 is 49.9 Å². The third kappa shape index (κ3) is 3.94. The zero-order valence-electron chi connectivity index (χ0n) is 14.7. The first kappa shape index (κ1) is 18.3. The van der Waals surface area contributed by atoms with Crippen LogP contribution in [-0.2, 0) is 0 Å². The molecule has 2 aromatic heterocycles. The topological polar surface area (TPSA) is 135 Å². The van der Waals surface area contributed by atoms with Crippen molar-refractivity contribution in [3.63, 3.8) is 0 Å². The Morgan fingerprint density at radius 3 is 2.48 bits per heavy atom. The second-order valence-corrected chi connectivity index (χ2v) is 6.76. The highest BCUT2D eigenvalue weighted by molar-refractivity contribution is 7.22. The van der Waals surface area contributed by atoms with Crippen molar-refractivity contribution in [2.75, 3.05) is 10.7 Å². The summed E-state index contributed by atoms with van der Waals surface area (Å²) in [4.78, 5) is 35.4. The molecule has 0 fully saturated rings. The van der Waals surface area contributed by atoms with Crippen LogP contribution >= 0.6 is 11.3 Å². The van der Waals surface area contributed by atoms with Crippen LogP contribution in [0, 0.1) is 10.1 Å². The summed E-state index contributed by atoms with van der Waals surface area (Å²) in [5, 5.41) is 15.0. The summed E-state index contributed by atoms with van der Waals surface area (Å²) >= 11 is 1.34. The van der Waals surface area contributed by atoms with Crippen LogP contribution in [0.3, 0.4) is 0 Å². The summed E-state index contributed by atoms with van der Waals surface area (Å²) in [5.41, 5.74) is 5.64. The zero-order valence-corrected chi connectivity index (χ0v) is 15.5. The minimum absolute atomic E-state index is 0.0412. The fourth-order valence-corrected chi connectivity index (χ4v) is 3.40. The van der Waals surface area contributed by atoms with Crippen LogP contribution in [0.4, 0.5) is 22.5 Å². The van der Waals surface area contributed by atoms with E-state index in [4.69, 9.17) is 0 Å². The van der Waals surface area contributed by atoms with Crippen LogP contribution in [0.1, 0.15) is 10.4 Å². The number of hydrazine groups is 1. The third-order valence-corrected chi connectivity index (χ3v) is 4.81. The summed E-state index contributed by atoms with van der Waals surface area (Å²) in [5.74, 6) is -0.655. The molecule has 11 heteroatoms. The van der Waals surface area contributed by atoms with Crippen molar-refractivity contribution in [2.24, 2.45) is 0 Å². The van der Waals surface area contributed by atoms with E-state index in [0.29, 0.717) is 10.7 Å². The van der Waals surface area contributed by atoms with Crippen LogP contribution in [0.5, 0.6) is 0 Å². The van der Waals surface area contributed by atoms with Crippen molar-refractivity contribution in [3.05, 3.63) is 76.6 Å². The molecule has 0 atom stereocenters. The summed E-state index contributed by atoms with van der Waals surface area (Å²) < 4.78 is 0.931. The fourth-order valence-electron chi connectivity index (χ4n) is 2.54. The second-order valence-electron chi connectivity index (χ2n) is 5.73. The molecule has 2 heterocycles. The number of hydrogen-bond donors (Lipinski definition) is 3. The van der Waals surface area contributed by atoms with E-state index in [1.165, 1.54) is 11.3 Å². The summed E-state index contributed by atoms with van der Waals surface area (Å²) in [6.07, 6.45) is 1.15. The van der Waals surface area contributed by atoms with Crippen molar-refractivity contribution in [2.45, 2.75) is 0 Å². The van der Waals surface area contributed by atoms with Gasteiger partial charge in [-0.3, -0.25) is 25.8 Å². The van der Waals surface area contributed by atoms with Gasteiger partial charge in [0.15, 0.2) is 5.13 Å². The van der Waals surface area contributed by atoms with E-state index in [0.717, 1.165) is 16.5 Å². The number of amides is 1. The van der Waals surface area contributed by atoms with E-state index >= 15 is 0 Å². The number of anilines is 3. The van der Waals surface area contributed by atoms with Gasteiger partial charge in [-0.05, 0) is 24.3 Å². The molecule has 0 aliphatic carbocycles. The van der Waals surface area contributed by atoms with Gasteiger partial charge in [0.25, 0.3) is 5.91 Å². The Labute approximate surface area is 167 Å². The number of carbonyl (C=O) groups is 1. The fraction of sp³-hybridized carbons (Fsp3) is 0. The Hall–Kier alpha value is -4.12. The van der Waals surface area contributed by atoms with Gasteiger partial charge < -0.3 is 5.32 Å². The summed E-state index contributed by atoms with van der Waals surface area (Å²) in [6, 6.07) is 15.9. The maximum absolute atomic E-state index is 12.2. The molecule has 0 spiro atoms. The molecule has 0 unspecified atom stereocenters. The van der Waals surface area contributed by atoms with Gasteiger partial charge in [0, 0.05) is 5.56 Å². The highest BCUT2D eigenvalue weighted by atomic mass is 32.1. The van der Waals surface area contributed by atoms with Crippen molar-refractivity contribution in [1.82, 2.24) is 20.4 Å². The molecule has 0 saturated heterocycles. The first-order valence-electron chi connectivity index (χ1n) is 8.35. The molecule has 1 amide bonds. The summed E-state index contributed by atoms with van der Waals surface area (Å²) in [6.45, 7) is 0. The molecule has 2 aromatic carbocycles. The van der Waals surface area contributed by atoms with Gasteiger partial charge in [-0.1, -0.05) is 41.7 Å². The number of rotatable bonds is 6. The SMILES string of the molecule is O=C(NNc1ncnc(Nc2nc3ccccc3s2)c1[N+](=O)[O-])c1ccccc1. The molecular weight excluding hydrogens is 394 g/mol. The molecule has 0 aliphatic rings. The van der Waals surface area contributed by atoms with Gasteiger partial charge in [-0.15, -0.1) is 0 Å². The Balaban J connectivity index is 1.58. The Bertz CT molecular complexity index is 1160. The molecule has 3 N–H and O–H groups in total. The molecule has 29 heavy (non-hydrogen) atoms. The lowest BCUT2D eigenvalue weighted by atomic mass is 10.2. The number of nitrogens with zero attached hydrogens (tertiary/aromatic N) is 4. The number of benzene rings is 2. The van der Waals surface area contributed by atoms with E-state index in [-0.39, 0.29) is 11.6 Å². The largest absolute Gasteiger partial charge is 0.355 e. The lowest BCUT2D eigenvalue weighted by Crippen LogP contribution is -2.30. The number of nitrogens with one attached hydrogen (secondary N) is 3. The molecule has 144 valence electrons. The Morgan fingerprint density at radius 1 is 1.00 bits per heavy atom. The molecule has 0 radical (unpaired) electrons. The lowest BCUT2D eigenvalue weighted by Gasteiger charge is -2.10. The van der Waals surface area contributed by atoms with Gasteiger partial charge >= 0.3 is 5.69 Å². The molecular formula is C18H13N7O3S. The minimum Gasteiger partial charge on any atom is -0.310 e. The summed E-state index contributed by atoms with van der Waals surface area (Å²) in [7, 11) is 0. The molecule has 4 aromatic rings. The van der Waals surface area contributed by atoms with Crippen LogP contribution in [0.2, 0.25) is 0 Å². The van der Waals surface area contributed by atoms with Crippen molar-refractivity contribution in [1.29, 1.82) is 0 Å². The zero-order chi connectivity index (χ0) is 20.2.